The summed E-state index contributed by atoms with van der Waals surface area (Å²) < 4.78 is 0. The van der Waals surface area contributed by atoms with Crippen LogP contribution >= 0.6 is 12.2 Å². The van der Waals surface area contributed by atoms with Gasteiger partial charge in [0.2, 0.25) is 0 Å². The highest BCUT2D eigenvalue weighted by Gasteiger charge is 2.29. The van der Waals surface area contributed by atoms with Crippen LogP contribution in [0.2, 0.25) is 0 Å². The molecule has 0 fully saturated rings. The number of aryl methyl sites for hydroxylation is 1. The van der Waals surface area contributed by atoms with Crippen LogP contribution in [-0.4, -0.2) is 11.0 Å². The lowest BCUT2D eigenvalue weighted by molar-refractivity contribution is -0.113. The maximum atomic E-state index is 13.0. The summed E-state index contributed by atoms with van der Waals surface area (Å²) in [6, 6.07) is 15.8. The van der Waals surface area contributed by atoms with Crippen molar-refractivity contribution in [1.82, 2.24) is 10.6 Å². The largest absolute Gasteiger partial charge is 0.351 e. The summed E-state index contributed by atoms with van der Waals surface area (Å²) in [5.74, 6) is 0.319. The molecule has 140 valence electrons. The van der Waals surface area contributed by atoms with E-state index in [0.717, 1.165) is 22.5 Å². The first kappa shape index (κ1) is 19.1. The Kier molecular flexibility index (Phi) is 5.61. The average molecular weight is 380 g/mol. The second-order valence-electron chi connectivity index (χ2n) is 7.21. The molecule has 5 heteroatoms. The molecule has 0 spiro atoms. The molecule has 3 rings (SSSR count). The van der Waals surface area contributed by atoms with Gasteiger partial charge in [-0.25, -0.2) is 0 Å². The summed E-state index contributed by atoms with van der Waals surface area (Å²) in [5.41, 5.74) is 5.60. The molecule has 3 N–H and O–H groups in total. The molecule has 1 aliphatic heterocycles. The number of carbonyl (C=O) groups is 1. The Morgan fingerprint density at radius 3 is 2.26 bits per heavy atom. The number of allylic oxidation sites excluding steroid dienone is 1. The van der Waals surface area contributed by atoms with E-state index in [1.165, 1.54) is 5.56 Å². The third-order valence-corrected chi connectivity index (χ3v) is 4.98. The van der Waals surface area contributed by atoms with E-state index in [0.29, 0.717) is 16.6 Å². The highest BCUT2D eigenvalue weighted by atomic mass is 32.1. The molecule has 1 unspecified atom stereocenters. The molecular weight excluding hydrogens is 354 g/mol. The summed E-state index contributed by atoms with van der Waals surface area (Å²) >= 11 is 5.32. The molecule has 0 saturated carbocycles. The number of carbonyl (C=O) groups excluding carboxylic acids is 1. The molecule has 1 atom stereocenters. The molecule has 0 saturated heterocycles. The minimum Gasteiger partial charge on any atom is -0.351 e. The number of anilines is 1. The molecule has 2 aromatic carbocycles. The van der Waals surface area contributed by atoms with E-state index in [9.17, 15) is 4.79 Å². The van der Waals surface area contributed by atoms with Gasteiger partial charge in [-0.3, -0.25) is 4.79 Å². The number of rotatable bonds is 4. The fourth-order valence-electron chi connectivity index (χ4n) is 3.15. The SMILES string of the molecule is CC1=C(C(=O)Nc2ccc(C)cc2)C(c2ccc(C(C)C)cc2)NC(=S)N1. The van der Waals surface area contributed by atoms with Gasteiger partial charge in [0.25, 0.3) is 5.91 Å². The first-order valence-corrected chi connectivity index (χ1v) is 9.52. The zero-order chi connectivity index (χ0) is 19.6. The lowest BCUT2D eigenvalue weighted by Gasteiger charge is -2.30. The monoisotopic (exact) mass is 379 g/mol. The van der Waals surface area contributed by atoms with Crippen LogP contribution in [0.3, 0.4) is 0 Å². The fourth-order valence-corrected chi connectivity index (χ4v) is 3.42. The molecule has 1 amide bonds. The molecule has 1 heterocycles. The second-order valence-corrected chi connectivity index (χ2v) is 7.62. The van der Waals surface area contributed by atoms with Crippen LogP contribution in [-0.2, 0) is 4.79 Å². The fraction of sp³-hybridized carbons (Fsp3) is 0.273. The predicted octanol–water partition coefficient (Wildman–Crippen LogP) is 4.55. The number of thiocarbonyl (C=S) groups is 1. The van der Waals surface area contributed by atoms with Gasteiger partial charge in [0.1, 0.15) is 0 Å². The van der Waals surface area contributed by atoms with Crippen LogP contribution in [0, 0.1) is 6.92 Å². The molecule has 0 aromatic heterocycles. The molecular formula is C22H25N3OS. The maximum absolute atomic E-state index is 13.0. The lowest BCUT2D eigenvalue weighted by atomic mass is 9.92. The van der Waals surface area contributed by atoms with Crippen LogP contribution in [0.15, 0.2) is 59.8 Å². The molecule has 0 radical (unpaired) electrons. The van der Waals surface area contributed by atoms with Crippen molar-refractivity contribution in [3.05, 3.63) is 76.5 Å². The summed E-state index contributed by atoms with van der Waals surface area (Å²) in [6.07, 6.45) is 0. The topological polar surface area (TPSA) is 53.2 Å². The molecule has 0 aliphatic carbocycles. The van der Waals surface area contributed by atoms with Gasteiger partial charge in [-0.1, -0.05) is 55.8 Å². The molecule has 4 nitrogen and oxygen atoms in total. The normalized spacial score (nSPS) is 16.8. The van der Waals surface area contributed by atoms with Crippen molar-refractivity contribution in [3.63, 3.8) is 0 Å². The smallest absolute Gasteiger partial charge is 0.255 e. The lowest BCUT2D eigenvalue weighted by Crippen LogP contribution is -2.45. The van der Waals surface area contributed by atoms with Crippen LogP contribution in [0.1, 0.15) is 49.4 Å². The third-order valence-electron chi connectivity index (χ3n) is 4.76. The van der Waals surface area contributed by atoms with Gasteiger partial charge in [-0.05, 0) is 55.2 Å². The summed E-state index contributed by atoms with van der Waals surface area (Å²) in [5, 5.41) is 9.83. The van der Waals surface area contributed by atoms with Gasteiger partial charge in [0, 0.05) is 11.4 Å². The number of hydrogen-bond donors (Lipinski definition) is 3. The Hall–Kier alpha value is -2.66. The predicted molar refractivity (Wildman–Crippen MR) is 115 cm³/mol. The average Bonchev–Trinajstić information content (AvgIpc) is 2.63. The molecule has 0 bridgehead atoms. The minimum absolute atomic E-state index is 0.142. The third kappa shape index (κ3) is 4.37. The first-order chi connectivity index (χ1) is 12.8. The van der Waals surface area contributed by atoms with E-state index >= 15 is 0 Å². The van der Waals surface area contributed by atoms with Crippen molar-refractivity contribution in [2.75, 3.05) is 5.32 Å². The number of amides is 1. The van der Waals surface area contributed by atoms with Crippen molar-refractivity contribution < 1.29 is 4.79 Å². The van der Waals surface area contributed by atoms with Crippen molar-refractivity contribution in [2.45, 2.75) is 39.7 Å². The Morgan fingerprint density at radius 2 is 1.67 bits per heavy atom. The Labute approximate surface area is 166 Å². The van der Waals surface area contributed by atoms with E-state index in [-0.39, 0.29) is 11.9 Å². The van der Waals surface area contributed by atoms with Gasteiger partial charge < -0.3 is 16.0 Å². The van der Waals surface area contributed by atoms with E-state index in [1.54, 1.807) is 0 Å². The summed E-state index contributed by atoms with van der Waals surface area (Å²) in [7, 11) is 0. The quantitative estimate of drug-likeness (QED) is 0.682. The molecule has 27 heavy (non-hydrogen) atoms. The second kappa shape index (κ2) is 7.92. The zero-order valence-corrected chi connectivity index (χ0v) is 16.9. The van der Waals surface area contributed by atoms with Crippen molar-refractivity contribution in [1.29, 1.82) is 0 Å². The highest BCUT2D eigenvalue weighted by Crippen LogP contribution is 2.29. The zero-order valence-electron chi connectivity index (χ0n) is 16.1. The maximum Gasteiger partial charge on any atom is 0.255 e. The van der Waals surface area contributed by atoms with E-state index in [1.807, 2.05) is 38.1 Å². The molecule has 2 aromatic rings. The summed E-state index contributed by atoms with van der Waals surface area (Å²) in [6.45, 7) is 8.23. The molecule has 1 aliphatic rings. The van der Waals surface area contributed by atoms with Crippen LogP contribution in [0.25, 0.3) is 0 Å². The number of benzene rings is 2. The first-order valence-electron chi connectivity index (χ1n) is 9.11. The van der Waals surface area contributed by atoms with Crippen LogP contribution in [0.4, 0.5) is 5.69 Å². The Balaban J connectivity index is 1.91. The van der Waals surface area contributed by atoms with Crippen molar-refractivity contribution >= 4 is 28.9 Å². The van der Waals surface area contributed by atoms with E-state index in [2.05, 4.69) is 54.1 Å². The Bertz CT molecular complexity index is 883. The van der Waals surface area contributed by atoms with Crippen molar-refractivity contribution in [2.24, 2.45) is 0 Å². The van der Waals surface area contributed by atoms with Crippen LogP contribution in [0.5, 0.6) is 0 Å². The Morgan fingerprint density at radius 1 is 1.04 bits per heavy atom. The van der Waals surface area contributed by atoms with Gasteiger partial charge >= 0.3 is 0 Å². The van der Waals surface area contributed by atoms with Gasteiger partial charge in [-0.2, -0.15) is 0 Å². The van der Waals surface area contributed by atoms with Gasteiger partial charge in [-0.15, -0.1) is 0 Å². The van der Waals surface area contributed by atoms with Crippen molar-refractivity contribution in [3.8, 4) is 0 Å². The van der Waals surface area contributed by atoms with E-state index < -0.39 is 0 Å². The summed E-state index contributed by atoms with van der Waals surface area (Å²) in [4.78, 5) is 13.0. The van der Waals surface area contributed by atoms with Gasteiger partial charge in [0.15, 0.2) is 5.11 Å². The van der Waals surface area contributed by atoms with Gasteiger partial charge in [0.05, 0.1) is 11.6 Å². The highest BCUT2D eigenvalue weighted by molar-refractivity contribution is 7.80. The van der Waals surface area contributed by atoms with E-state index in [4.69, 9.17) is 12.2 Å². The number of hydrogen-bond acceptors (Lipinski definition) is 2. The standard InChI is InChI=1S/C22H25N3OS/c1-13(2)16-7-9-17(10-8-16)20-19(15(4)23-22(27)25-20)21(26)24-18-11-5-14(3)6-12-18/h5-13,20H,1-4H3,(H,24,26)(H2,23,25,27). The van der Waals surface area contributed by atoms with Crippen LogP contribution < -0.4 is 16.0 Å². The minimum atomic E-state index is -0.287. The number of nitrogens with one attached hydrogen (secondary N) is 3.